The normalized spacial score (nSPS) is 15.3. The molecule has 10 heteroatoms. The quantitative estimate of drug-likeness (QED) is 0.151. The van der Waals surface area contributed by atoms with Crippen LogP contribution < -0.4 is 9.80 Å². The fourth-order valence-electron chi connectivity index (χ4n) is 6.67. The van der Waals surface area contributed by atoms with Gasteiger partial charge in [0.2, 0.25) is 0 Å². The van der Waals surface area contributed by atoms with E-state index in [4.69, 9.17) is 8.83 Å². The molecule has 5 heterocycles. The Kier molecular flexibility index (Phi) is 14.4. The molecular weight excluding hydrogens is 715 g/mol. The van der Waals surface area contributed by atoms with Crippen LogP contribution in [0, 0.1) is 13.8 Å². The van der Waals surface area contributed by atoms with Crippen LogP contribution in [0.2, 0.25) is 0 Å². The number of likely N-dealkylation sites (tertiary alicyclic amines) is 1. The summed E-state index contributed by atoms with van der Waals surface area (Å²) in [6.07, 6.45) is 9.56. The maximum absolute atomic E-state index is 13.2. The standard InChI is InChI=1S/C24H27N3O2.C17H19N2O2.Y/c1-19-9-13-25-23(18-19)27(24(28)22-8-5-17-29-22)21-11-15-26(16-12-21)14-10-20-6-3-2-4-7-20;1-13-4-6-14(7-5-13)19(15-8-10-18-11-9-15)17(20)16-3-2-12-21-16;/h2-9,13,17-18,21H,10-12,14-16H2,1H3;2-7,12,15H,8-11H2,1H3;/q;-1;. The number of amides is 2. The van der Waals surface area contributed by atoms with Gasteiger partial charge >= 0.3 is 0 Å². The monoisotopic (exact) mass is 761 g/mol. The zero-order valence-corrected chi connectivity index (χ0v) is 32.4. The van der Waals surface area contributed by atoms with Gasteiger partial charge in [-0.25, -0.2) is 4.98 Å². The Morgan fingerprint density at radius 3 is 1.94 bits per heavy atom. The minimum absolute atomic E-state index is 0. The number of carbonyl (C=O) groups is 2. The molecule has 7 rings (SSSR count). The van der Waals surface area contributed by atoms with E-state index in [1.54, 1.807) is 36.7 Å². The molecule has 2 fully saturated rings. The van der Waals surface area contributed by atoms with Gasteiger partial charge in [0.1, 0.15) is 5.82 Å². The van der Waals surface area contributed by atoms with Crippen LogP contribution in [0.4, 0.5) is 11.5 Å². The number of hydrogen-bond acceptors (Lipinski definition) is 6. The second-order valence-corrected chi connectivity index (χ2v) is 13.0. The van der Waals surface area contributed by atoms with Gasteiger partial charge < -0.3 is 24.0 Å². The average Bonchev–Trinajstić information content (AvgIpc) is 3.90. The molecule has 2 saturated heterocycles. The summed E-state index contributed by atoms with van der Waals surface area (Å²) in [6, 6.07) is 29.8. The first-order valence-corrected chi connectivity index (χ1v) is 17.6. The number of anilines is 2. The van der Waals surface area contributed by atoms with Crippen molar-refractivity contribution in [1.82, 2.24) is 9.88 Å². The number of rotatable bonds is 9. The molecule has 9 nitrogen and oxygen atoms in total. The fourth-order valence-corrected chi connectivity index (χ4v) is 6.67. The third kappa shape index (κ3) is 10.4. The minimum atomic E-state index is -0.115. The second-order valence-electron chi connectivity index (χ2n) is 13.0. The predicted octanol–water partition coefficient (Wildman–Crippen LogP) is 8.11. The number of aryl methyl sites for hydroxylation is 2. The van der Waals surface area contributed by atoms with Crippen LogP contribution in [0.15, 0.2) is 119 Å². The molecule has 0 atom stereocenters. The Labute approximate surface area is 326 Å². The third-order valence-electron chi connectivity index (χ3n) is 9.45. The molecular formula is C41H46N5O4Y-. The minimum Gasteiger partial charge on any atom is -0.662 e. The maximum Gasteiger partial charge on any atom is 0.295 e. The van der Waals surface area contributed by atoms with E-state index < -0.39 is 0 Å². The number of aromatic nitrogens is 1. The molecule has 2 aliphatic heterocycles. The van der Waals surface area contributed by atoms with Crippen molar-refractivity contribution >= 4 is 23.3 Å². The Balaban J connectivity index is 0.000000204. The van der Waals surface area contributed by atoms with Gasteiger partial charge in [0, 0.05) is 76.3 Å². The third-order valence-corrected chi connectivity index (χ3v) is 9.45. The first-order chi connectivity index (χ1) is 24.5. The predicted molar refractivity (Wildman–Crippen MR) is 197 cm³/mol. The molecule has 0 bridgehead atoms. The molecule has 0 spiro atoms. The summed E-state index contributed by atoms with van der Waals surface area (Å²) >= 11 is 0. The summed E-state index contributed by atoms with van der Waals surface area (Å²) in [7, 11) is 0. The van der Waals surface area contributed by atoms with Gasteiger partial charge in [-0.3, -0.25) is 14.5 Å². The molecule has 2 amide bonds. The van der Waals surface area contributed by atoms with Gasteiger partial charge in [0.25, 0.3) is 11.8 Å². The van der Waals surface area contributed by atoms with Crippen molar-refractivity contribution < 1.29 is 51.1 Å². The zero-order valence-electron chi connectivity index (χ0n) is 29.6. The SMILES string of the molecule is Cc1ccc(N(C(=O)c2ccco2)C2CC[N-]CC2)cc1.Cc1ccnc(N(C(=O)c2ccco2)C2CCN(CCc3ccccc3)CC2)c1.[Y]. The van der Waals surface area contributed by atoms with E-state index in [0.717, 1.165) is 76.1 Å². The largest absolute Gasteiger partial charge is 0.662 e. The molecule has 2 aromatic carbocycles. The van der Waals surface area contributed by atoms with Gasteiger partial charge in [-0.1, -0.05) is 60.9 Å². The van der Waals surface area contributed by atoms with Crippen LogP contribution in [-0.2, 0) is 39.1 Å². The van der Waals surface area contributed by atoms with Crippen molar-refractivity contribution in [3.8, 4) is 0 Å². The Bertz CT molecular complexity index is 1770. The van der Waals surface area contributed by atoms with Gasteiger partial charge in [0.15, 0.2) is 11.5 Å². The molecule has 5 aromatic rings. The summed E-state index contributed by atoms with van der Waals surface area (Å²) < 4.78 is 10.7. The maximum atomic E-state index is 13.2. The molecule has 0 unspecified atom stereocenters. The molecule has 2 aliphatic rings. The van der Waals surface area contributed by atoms with Crippen molar-refractivity contribution in [2.24, 2.45) is 0 Å². The second kappa shape index (κ2) is 19.1. The number of pyridine rings is 1. The average molecular weight is 762 g/mol. The zero-order chi connectivity index (χ0) is 34.7. The molecule has 0 aliphatic carbocycles. The number of piperidine rings is 2. The smallest absolute Gasteiger partial charge is 0.295 e. The number of nitrogens with zero attached hydrogens (tertiary/aromatic N) is 5. The van der Waals surface area contributed by atoms with Crippen LogP contribution in [0.3, 0.4) is 0 Å². The summed E-state index contributed by atoms with van der Waals surface area (Å²) in [5, 5.41) is 4.38. The van der Waals surface area contributed by atoms with Gasteiger partial charge in [-0.05, 0) is 92.8 Å². The summed E-state index contributed by atoms with van der Waals surface area (Å²) in [5.74, 6) is 1.26. The summed E-state index contributed by atoms with van der Waals surface area (Å²) in [6.45, 7) is 8.70. The van der Waals surface area contributed by atoms with E-state index in [0.29, 0.717) is 17.3 Å². The van der Waals surface area contributed by atoms with E-state index in [1.165, 1.54) is 17.4 Å². The van der Waals surface area contributed by atoms with Crippen LogP contribution in [0.5, 0.6) is 0 Å². The van der Waals surface area contributed by atoms with E-state index in [1.807, 2.05) is 60.0 Å². The number of benzene rings is 2. The number of carbonyl (C=O) groups excluding carboxylic acids is 2. The Morgan fingerprint density at radius 2 is 1.35 bits per heavy atom. The van der Waals surface area contributed by atoms with E-state index in [2.05, 4.69) is 45.5 Å². The molecule has 51 heavy (non-hydrogen) atoms. The molecule has 0 N–H and O–H groups in total. The molecule has 3 aromatic heterocycles. The van der Waals surface area contributed by atoms with E-state index in [9.17, 15) is 9.59 Å². The van der Waals surface area contributed by atoms with Gasteiger partial charge in [0.05, 0.1) is 12.5 Å². The van der Waals surface area contributed by atoms with Crippen LogP contribution in [-0.4, -0.2) is 66.5 Å². The Morgan fingerprint density at radius 1 is 0.745 bits per heavy atom. The van der Waals surface area contributed by atoms with Crippen molar-refractivity contribution in [3.05, 3.63) is 143 Å². The molecule has 0 saturated carbocycles. The van der Waals surface area contributed by atoms with Gasteiger partial charge in [-0.15, -0.1) is 13.1 Å². The van der Waals surface area contributed by atoms with Crippen molar-refractivity contribution in [3.63, 3.8) is 0 Å². The van der Waals surface area contributed by atoms with Crippen molar-refractivity contribution in [2.75, 3.05) is 42.5 Å². The molecule has 263 valence electrons. The van der Waals surface area contributed by atoms with E-state index in [-0.39, 0.29) is 56.6 Å². The fraction of sp³-hybridized carbons (Fsp3) is 0.341. The summed E-state index contributed by atoms with van der Waals surface area (Å²) in [5.41, 5.74) is 4.57. The van der Waals surface area contributed by atoms with Crippen LogP contribution >= 0.6 is 0 Å². The first kappa shape index (κ1) is 38.3. The van der Waals surface area contributed by atoms with Crippen LogP contribution in [0.25, 0.3) is 5.32 Å². The van der Waals surface area contributed by atoms with Crippen LogP contribution in [0.1, 0.15) is 63.5 Å². The van der Waals surface area contributed by atoms with Crippen molar-refractivity contribution in [1.29, 1.82) is 0 Å². The van der Waals surface area contributed by atoms with Crippen molar-refractivity contribution in [2.45, 2.75) is 58.0 Å². The van der Waals surface area contributed by atoms with E-state index >= 15 is 0 Å². The topological polar surface area (TPSA) is 97.1 Å². The number of furan rings is 2. The van der Waals surface area contributed by atoms with Gasteiger partial charge in [-0.2, -0.15) is 0 Å². The molecule has 1 radical (unpaired) electrons. The first-order valence-electron chi connectivity index (χ1n) is 17.6. The number of hydrogen-bond donors (Lipinski definition) is 0. The Hall–Kier alpha value is -3.89. The summed E-state index contributed by atoms with van der Waals surface area (Å²) in [4.78, 5) is 36.7.